The largest absolute Gasteiger partial charge is 0.444 e. The molecule has 96 valence electrons. The summed E-state index contributed by atoms with van der Waals surface area (Å²) in [4.78, 5) is 24.6. The van der Waals surface area contributed by atoms with Crippen LogP contribution >= 0.6 is 0 Å². The molecular formula is C11H12N2O5. The van der Waals surface area contributed by atoms with E-state index in [-0.39, 0.29) is 13.0 Å². The maximum absolute atomic E-state index is 11.5. The number of hydrogen-bond donors (Lipinski definition) is 2. The number of ether oxygens (including phenoxy) is 2. The summed E-state index contributed by atoms with van der Waals surface area (Å²) >= 11 is 0. The van der Waals surface area contributed by atoms with Gasteiger partial charge >= 0.3 is 5.69 Å². The predicted molar refractivity (Wildman–Crippen MR) is 60.6 cm³/mol. The van der Waals surface area contributed by atoms with Gasteiger partial charge in [0.1, 0.15) is 25.0 Å². The van der Waals surface area contributed by atoms with Crippen molar-refractivity contribution in [1.29, 1.82) is 0 Å². The van der Waals surface area contributed by atoms with Gasteiger partial charge in [-0.3, -0.25) is 14.3 Å². The number of H-pyrrole nitrogens is 1. The molecule has 0 unspecified atom stereocenters. The van der Waals surface area contributed by atoms with E-state index in [1.807, 2.05) is 6.11 Å². The fourth-order valence-electron chi connectivity index (χ4n) is 1.82. The molecule has 1 aromatic rings. The molecule has 1 fully saturated rings. The zero-order chi connectivity index (χ0) is 13.1. The average molecular weight is 252 g/mol. The highest BCUT2D eigenvalue weighted by Crippen LogP contribution is 2.27. The van der Waals surface area contributed by atoms with Crippen LogP contribution in [0.4, 0.5) is 0 Å². The SMILES string of the molecule is C#COC[C@H]1O[C@@H](n2ccc(=O)[nH]c2=O)C[C@@H]1O. The molecule has 1 aromatic heterocycles. The third-order valence-electron chi connectivity index (χ3n) is 2.70. The predicted octanol–water partition coefficient (Wildman–Crippen LogP) is -1.21. The Kier molecular flexibility index (Phi) is 3.50. The standard InChI is InChI=1S/C11H12N2O5/c1-2-17-6-8-7(14)5-10(18-8)13-4-3-9(15)12-11(13)16/h1,3-4,7-8,10,14H,5-6H2,(H,12,15,16)/t7-,8+,10+/m0/s1. The molecule has 3 atom stereocenters. The number of nitrogens with one attached hydrogen (secondary N) is 1. The van der Waals surface area contributed by atoms with Crippen molar-refractivity contribution in [3.63, 3.8) is 0 Å². The molecule has 2 heterocycles. The van der Waals surface area contributed by atoms with E-state index in [0.29, 0.717) is 0 Å². The van der Waals surface area contributed by atoms with Gasteiger partial charge in [-0.2, -0.15) is 0 Å². The van der Waals surface area contributed by atoms with E-state index in [1.165, 1.54) is 16.8 Å². The highest BCUT2D eigenvalue weighted by Gasteiger charge is 2.35. The van der Waals surface area contributed by atoms with E-state index in [2.05, 4.69) is 4.98 Å². The summed E-state index contributed by atoms with van der Waals surface area (Å²) in [7, 11) is 0. The van der Waals surface area contributed by atoms with E-state index >= 15 is 0 Å². The second-order valence-corrected chi connectivity index (χ2v) is 3.88. The molecule has 7 nitrogen and oxygen atoms in total. The molecule has 0 bridgehead atoms. The number of hydrogen-bond acceptors (Lipinski definition) is 5. The lowest BCUT2D eigenvalue weighted by Gasteiger charge is -2.14. The normalized spacial score (nSPS) is 26.8. The van der Waals surface area contributed by atoms with Gasteiger partial charge in [0.2, 0.25) is 0 Å². The Labute approximate surface area is 102 Å². The Morgan fingerprint density at radius 1 is 1.67 bits per heavy atom. The van der Waals surface area contributed by atoms with E-state index in [1.54, 1.807) is 0 Å². The number of aromatic nitrogens is 2. The van der Waals surface area contributed by atoms with Crippen molar-refractivity contribution in [3.05, 3.63) is 33.1 Å². The average Bonchev–Trinajstić information content (AvgIpc) is 2.68. The summed E-state index contributed by atoms with van der Waals surface area (Å²) in [6.07, 6.45) is 6.45. The fourth-order valence-corrected chi connectivity index (χ4v) is 1.82. The minimum atomic E-state index is -0.776. The van der Waals surface area contributed by atoms with Crippen molar-refractivity contribution >= 4 is 0 Å². The van der Waals surface area contributed by atoms with Crippen LogP contribution in [-0.2, 0) is 9.47 Å². The first-order valence-electron chi connectivity index (χ1n) is 5.34. The van der Waals surface area contributed by atoms with Gasteiger partial charge in [-0.1, -0.05) is 6.42 Å². The fraction of sp³-hybridized carbons (Fsp3) is 0.455. The summed E-state index contributed by atoms with van der Waals surface area (Å²) in [5, 5.41) is 9.73. The molecule has 7 heteroatoms. The van der Waals surface area contributed by atoms with E-state index in [0.717, 1.165) is 0 Å². The van der Waals surface area contributed by atoms with Gasteiger partial charge in [-0.15, -0.1) is 0 Å². The first kappa shape index (κ1) is 12.4. The smallest absolute Gasteiger partial charge is 0.330 e. The van der Waals surface area contributed by atoms with Crippen molar-refractivity contribution in [1.82, 2.24) is 9.55 Å². The summed E-state index contributed by atoms with van der Waals surface area (Å²) in [5.74, 6) is 0. The van der Waals surface area contributed by atoms with Gasteiger partial charge in [-0.25, -0.2) is 4.79 Å². The Balaban J connectivity index is 2.14. The van der Waals surface area contributed by atoms with Crippen LogP contribution in [0.1, 0.15) is 12.6 Å². The molecule has 0 amide bonds. The molecule has 0 saturated carbocycles. The van der Waals surface area contributed by atoms with Gasteiger partial charge < -0.3 is 14.6 Å². The minimum absolute atomic E-state index is 0.0479. The number of rotatable bonds is 3. The van der Waals surface area contributed by atoms with Crippen LogP contribution in [0.2, 0.25) is 0 Å². The summed E-state index contributed by atoms with van der Waals surface area (Å²) < 4.78 is 11.4. The van der Waals surface area contributed by atoms with Crippen LogP contribution in [0.15, 0.2) is 21.9 Å². The zero-order valence-corrected chi connectivity index (χ0v) is 9.41. The molecule has 0 aliphatic carbocycles. The third kappa shape index (κ3) is 2.45. The van der Waals surface area contributed by atoms with Crippen LogP contribution in [0, 0.1) is 12.5 Å². The number of aromatic amines is 1. The topological polar surface area (TPSA) is 93.5 Å². The quantitative estimate of drug-likeness (QED) is 0.658. The molecule has 1 aliphatic heterocycles. The molecule has 1 saturated heterocycles. The van der Waals surface area contributed by atoms with E-state index in [4.69, 9.17) is 15.9 Å². The first-order valence-corrected chi connectivity index (χ1v) is 5.34. The molecule has 2 rings (SSSR count). The van der Waals surface area contributed by atoms with Crippen molar-refractivity contribution in [2.24, 2.45) is 0 Å². The van der Waals surface area contributed by atoms with Crippen molar-refractivity contribution in [3.8, 4) is 12.5 Å². The number of aliphatic hydroxyl groups is 1. The molecule has 2 N–H and O–H groups in total. The summed E-state index contributed by atoms with van der Waals surface area (Å²) in [5.41, 5.74) is -1.07. The summed E-state index contributed by atoms with van der Waals surface area (Å²) in [6.45, 7) is 0.0479. The van der Waals surface area contributed by atoms with Crippen LogP contribution in [-0.4, -0.2) is 33.5 Å². The van der Waals surface area contributed by atoms with Crippen molar-refractivity contribution < 1.29 is 14.6 Å². The third-order valence-corrected chi connectivity index (χ3v) is 2.70. The second kappa shape index (κ2) is 5.08. The molecule has 0 spiro atoms. The number of aliphatic hydroxyl groups excluding tert-OH is 1. The van der Waals surface area contributed by atoms with Gasteiger partial charge in [0.05, 0.1) is 6.10 Å². The second-order valence-electron chi connectivity index (χ2n) is 3.88. The maximum atomic E-state index is 11.5. The lowest BCUT2D eigenvalue weighted by molar-refractivity contribution is -0.0457. The number of nitrogens with zero attached hydrogens (tertiary/aromatic N) is 1. The van der Waals surface area contributed by atoms with Crippen LogP contribution in [0.3, 0.4) is 0 Å². The molecule has 0 aromatic carbocycles. The number of terminal acetylenes is 1. The Bertz CT molecular complexity index is 570. The lowest BCUT2D eigenvalue weighted by Crippen LogP contribution is -2.31. The molecule has 18 heavy (non-hydrogen) atoms. The van der Waals surface area contributed by atoms with Crippen LogP contribution < -0.4 is 11.2 Å². The highest BCUT2D eigenvalue weighted by molar-refractivity contribution is 4.88. The first-order chi connectivity index (χ1) is 8.61. The van der Waals surface area contributed by atoms with Crippen molar-refractivity contribution in [2.75, 3.05) is 6.61 Å². The zero-order valence-electron chi connectivity index (χ0n) is 9.41. The van der Waals surface area contributed by atoms with Gasteiger partial charge in [0.25, 0.3) is 5.56 Å². The molecular weight excluding hydrogens is 240 g/mol. The molecule has 0 radical (unpaired) electrons. The minimum Gasteiger partial charge on any atom is -0.444 e. The lowest BCUT2D eigenvalue weighted by atomic mass is 10.2. The monoisotopic (exact) mass is 252 g/mol. The Morgan fingerprint density at radius 3 is 3.11 bits per heavy atom. The van der Waals surface area contributed by atoms with Crippen molar-refractivity contribution in [2.45, 2.75) is 24.9 Å². The maximum Gasteiger partial charge on any atom is 0.330 e. The van der Waals surface area contributed by atoms with Gasteiger partial charge in [0, 0.05) is 18.7 Å². The van der Waals surface area contributed by atoms with Crippen LogP contribution in [0.25, 0.3) is 0 Å². The van der Waals surface area contributed by atoms with Crippen LogP contribution in [0.5, 0.6) is 0 Å². The highest BCUT2D eigenvalue weighted by atomic mass is 16.6. The molecule has 1 aliphatic rings. The van der Waals surface area contributed by atoms with E-state index < -0.39 is 29.7 Å². The van der Waals surface area contributed by atoms with Gasteiger partial charge in [-0.05, 0) is 0 Å². The van der Waals surface area contributed by atoms with Gasteiger partial charge in [0.15, 0.2) is 0 Å². The Morgan fingerprint density at radius 2 is 2.44 bits per heavy atom. The Hall–Kier alpha value is -2.04. The summed E-state index contributed by atoms with van der Waals surface area (Å²) in [6, 6.07) is 1.21. The van der Waals surface area contributed by atoms with E-state index in [9.17, 15) is 14.7 Å².